The molecule has 0 bridgehead atoms. The number of carbonyl (C=O) groups is 1. The standard InChI is InChI=1S/C13H12BrNO3S/c1-18-11-4-2-8(14)6-10(11)13-15-9(7-19-13)3-5-12(16)17/h2,4,6-7H,3,5H2,1H3,(H,16,17). The van der Waals surface area contributed by atoms with Gasteiger partial charge in [0.2, 0.25) is 0 Å². The van der Waals surface area contributed by atoms with Crippen molar-refractivity contribution in [3.05, 3.63) is 33.7 Å². The van der Waals surface area contributed by atoms with Gasteiger partial charge in [-0.2, -0.15) is 0 Å². The van der Waals surface area contributed by atoms with Gasteiger partial charge in [-0.25, -0.2) is 4.98 Å². The summed E-state index contributed by atoms with van der Waals surface area (Å²) in [5.41, 5.74) is 1.70. The average Bonchev–Trinajstić information content (AvgIpc) is 2.85. The number of methoxy groups -OCH3 is 1. The van der Waals surface area contributed by atoms with Crippen molar-refractivity contribution in [2.24, 2.45) is 0 Å². The molecule has 0 saturated heterocycles. The Labute approximate surface area is 123 Å². The minimum Gasteiger partial charge on any atom is -0.496 e. The Kier molecular flexibility index (Phi) is 4.55. The smallest absolute Gasteiger partial charge is 0.303 e. The van der Waals surface area contributed by atoms with Gasteiger partial charge < -0.3 is 9.84 Å². The predicted octanol–water partition coefficient (Wildman–Crippen LogP) is 3.60. The van der Waals surface area contributed by atoms with Gasteiger partial charge in [-0.15, -0.1) is 11.3 Å². The number of aryl methyl sites for hydroxylation is 1. The fourth-order valence-corrected chi connectivity index (χ4v) is 2.86. The van der Waals surface area contributed by atoms with E-state index in [9.17, 15) is 4.79 Å². The molecule has 100 valence electrons. The molecule has 0 aliphatic heterocycles. The van der Waals surface area contributed by atoms with Crippen molar-refractivity contribution in [3.63, 3.8) is 0 Å². The summed E-state index contributed by atoms with van der Waals surface area (Å²) in [5.74, 6) is -0.0584. The molecule has 0 aliphatic rings. The molecular formula is C13H12BrNO3S. The summed E-state index contributed by atoms with van der Waals surface area (Å²) in [6.45, 7) is 0. The van der Waals surface area contributed by atoms with Crippen molar-refractivity contribution in [2.75, 3.05) is 7.11 Å². The van der Waals surface area contributed by atoms with Gasteiger partial charge in [-0.1, -0.05) is 15.9 Å². The highest BCUT2D eigenvalue weighted by Gasteiger charge is 2.11. The van der Waals surface area contributed by atoms with Crippen LogP contribution in [0.5, 0.6) is 5.75 Å². The fourth-order valence-electron chi connectivity index (χ4n) is 1.63. The largest absolute Gasteiger partial charge is 0.496 e. The zero-order valence-electron chi connectivity index (χ0n) is 10.2. The van der Waals surface area contributed by atoms with Gasteiger partial charge in [0.15, 0.2) is 0 Å². The number of ether oxygens (including phenoxy) is 1. The molecule has 1 aromatic carbocycles. The van der Waals surface area contributed by atoms with Crippen LogP contribution in [-0.4, -0.2) is 23.2 Å². The number of hydrogen-bond acceptors (Lipinski definition) is 4. The van der Waals surface area contributed by atoms with Gasteiger partial charge in [0, 0.05) is 16.3 Å². The molecule has 0 aliphatic carbocycles. The molecule has 0 unspecified atom stereocenters. The monoisotopic (exact) mass is 341 g/mol. The Morgan fingerprint density at radius 2 is 2.32 bits per heavy atom. The van der Waals surface area contributed by atoms with Crippen LogP contribution in [0.4, 0.5) is 0 Å². The molecular weight excluding hydrogens is 330 g/mol. The lowest BCUT2D eigenvalue weighted by Crippen LogP contribution is -1.97. The lowest BCUT2D eigenvalue weighted by atomic mass is 10.2. The summed E-state index contributed by atoms with van der Waals surface area (Å²) >= 11 is 4.91. The average molecular weight is 342 g/mol. The number of hydrogen-bond donors (Lipinski definition) is 1. The SMILES string of the molecule is COc1ccc(Br)cc1-c1nc(CCC(=O)O)cs1. The van der Waals surface area contributed by atoms with Crippen molar-refractivity contribution in [2.45, 2.75) is 12.8 Å². The van der Waals surface area contributed by atoms with E-state index in [2.05, 4.69) is 20.9 Å². The minimum absolute atomic E-state index is 0.0960. The molecule has 0 radical (unpaired) electrons. The van der Waals surface area contributed by atoms with Crippen molar-refractivity contribution in [1.82, 2.24) is 4.98 Å². The molecule has 0 saturated carbocycles. The summed E-state index contributed by atoms with van der Waals surface area (Å²) in [6.07, 6.45) is 0.543. The van der Waals surface area contributed by atoms with Crippen LogP contribution in [0, 0.1) is 0 Å². The molecule has 0 spiro atoms. The normalized spacial score (nSPS) is 10.4. The third kappa shape index (κ3) is 3.54. The van der Waals surface area contributed by atoms with E-state index < -0.39 is 5.97 Å². The number of rotatable bonds is 5. The summed E-state index contributed by atoms with van der Waals surface area (Å²) in [7, 11) is 1.62. The first-order valence-corrected chi connectivity index (χ1v) is 7.27. The number of nitrogens with zero attached hydrogens (tertiary/aromatic N) is 1. The van der Waals surface area contributed by atoms with E-state index in [0.717, 1.165) is 26.5 Å². The molecule has 1 heterocycles. The zero-order valence-corrected chi connectivity index (χ0v) is 12.6. The Morgan fingerprint density at radius 1 is 1.53 bits per heavy atom. The topological polar surface area (TPSA) is 59.4 Å². The van der Waals surface area contributed by atoms with Crippen LogP contribution in [0.2, 0.25) is 0 Å². The minimum atomic E-state index is -0.811. The molecule has 4 nitrogen and oxygen atoms in total. The predicted molar refractivity (Wildman–Crippen MR) is 77.8 cm³/mol. The molecule has 6 heteroatoms. The number of halogens is 1. The maximum absolute atomic E-state index is 10.5. The van der Waals surface area contributed by atoms with E-state index in [1.807, 2.05) is 23.6 Å². The van der Waals surface area contributed by atoms with Gasteiger partial charge in [0.25, 0.3) is 0 Å². The van der Waals surface area contributed by atoms with Crippen molar-refractivity contribution in [3.8, 4) is 16.3 Å². The second-order valence-electron chi connectivity index (χ2n) is 3.88. The van der Waals surface area contributed by atoms with Gasteiger partial charge in [0.1, 0.15) is 10.8 Å². The van der Waals surface area contributed by atoms with Gasteiger partial charge in [0.05, 0.1) is 24.8 Å². The van der Waals surface area contributed by atoms with Crippen LogP contribution in [0.3, 0.4) is 0 Å². The highest BCUT2D eigenvalue weighted by molar-refractivity contribution is 9.10. The lowest BCUT2D eigenvalue weighted by molar-refractivity contribution is -0.136. The molecule has 2 aromatic rings. The van der Waals surface area contributed by atoms with Crippen LogP contribution in [0.25, 0.3) is 10.6 Å². The first-order valence-electron chi connectivity index (χ1n) is 5.60. The van der Waals surface area contributed by atoms with E-state index in [4.69, 9.17) is 9.84 Å². The number of benzene rings is 1. The van der Waals surface area contributed by atoms with Crippen molar-refractivity contribution in [1.29, 1.82) is 0 Å². The third-order valence-electron chi connectivity index (χ3n) is 2.54. The molecule has 2 rings (SSSR count). The van der Waals surface area contributed by atoms with E-state index >= 15 is 0 Å². The summed E-state index contributed by atoms with van der Waals surface area (Å²) in [6, 6.07) is 5.72. The number of aromatic nitrogens is 1. The summed E-state index contributed by atoms with van der Waals surface area (Å²) < 4.78 is 6.26. The van der Waals surface area contributed by atoms with Crippen LogP contribution in [0.15, 0.2) is 28.1 Å². The summed E-state index contributed by atoms with van der Waals surface area (Å²) in [4.78, 5) is 15.0. The summed E-state index contributed by atoms with van der Waals surface area (Å²) in [5, 5.41) is 11.4. The zero-order chi connectivity index (χ0) is 13.8. The Morgan fingerprint density at radius 3 is 3.00 bits per heavy atom. The number of carboxylic acids is 1. The molecule has 19 heavy (non-hydrogen) atoms. The molecule has 1 aromatic heterocycles. The fraction of sp³-hybridized carbons (Fsp3) is 0.231. The van der Waals surface area contributed by atoms with Crippen LogP contribution < -0.4 is 4.74 Å². The third-order valence-corrected chi connectivity index (χ3v) is 3.96. The second-order valence-corrected chi connectivity index (χ2v) is 5.66. The van der Waals surface area contributed by atoms with E-state index in [1.54, 1.807) is 7.11 Å². The van der Waals surface area contributed by atoms with E-state index in [-0.39, 0.29) is 6.42 Å². The van der Waals surface area contributed by atoms with Gasteiger partial charge in [-0.3, -0.25) is 4.79 Å². The van der Waals surface area contributed by atoms with Gasteiger partial charge in [-0.05, 0) is 18.2 Å². The lowest BCUT2D eigenvalue weighted by Gasteiger charge is -2.06. The van der Waals surface area contributed by atoms with Crippen molar-refractivity contribution >= 4 is 33.2 Å². The molecule has 0 amide bonds. The Hall–Kier alpha value is -1.40. The first kappa shape index (κ1) is 14.0. The molecule has 0 atom stereocenters. The Bertz CT molecular complexity index is 597. The molecule has 1 N–H and O–H groups in total. The van der Waals surface area contributed by atoms with Crippen LogP contribution >= 0.6 is 27.3 Å². The quantitative estimate of drug-likeness (QED) is 0.902. The molecule has 0 fully saturated rings. The highest BCUT2D eigenvalue weighted by Crippen LogP contribution is 2.34. The number of thiazole rings is 1. The van der Waals surface area contributed by atoms with Gasteiger partial charge >= 0.3 is 5.97 Å². The Balaban J connectivity index is 2.27. The number of carboxylic acid groups (broad SMARTS) is 1. The maximum atomic E-state index is 10.5. The van der Waals surface area contributed by atoms with E-state index in [1.165, 1.54) is 11.3 Å². The van der Waals surface area contributed by atoms with E-state index in [0.29, 0.717) is 6.42 Å². The first-order chi connectivity index (χ1) is 9.10. The van der Waals surface area contributed by atoms with Crippen LogP contribution in [0.1, 0.15) is 12.1 Å². The van der Waals surface area contributed by atoms with Crippen LogP contribution in [-0.2, 0) is 11.2 Å². The number of aliphatic carboxylic acids is 1. The second kappa shape index (κ2) is 6.16. The highest BCUT2D eigenvalue weighted by atomic mass is 79.9. The maximum Gasteiger partial charge on any atom is 0.303 e. The van der Waals surface area contributed by atoms with Crippen molar-refractivity contribution < 1.29 is 14.6 Å².